The Morgan fingerprint density at radius 3 is 2.88 bits per heavy atom. The molecule has 2 rings (SSSR count). The van der Waals surface area contributed by atoms with Crippen molar-refractivity contribution in [1.82, 2.24) is 15.4 Å². The van der Waals surface area contributed by atoms with E-state index in [-0.39, 0.29) is 5.91 Å². The number of halogens is 1. The Bertz CT molecular complexity index is 350. The van der Waals surface area contributed by atoms with Gasteiger partial charge in [0, 0.05) is 25.5 Å². The first-order chi connectivity index (χ1) is 7.75. The molecule has 1 aliphatic rings. The fourth-order valence-corrected chi connectivity index (χ4v) is 1.67. The first kappa shape index (κ1) is 11.0. The van der Waals surface area contributed by atoms with Crippen LogP contribution < -0.4 is 5.43 Å². The third-order valence-electron chi connectivity index (χ3n) is 2.61. The summed E-state index contributed by atoms with van der Waals surface area (Å²) in [6.45, 7) is 1.13. The molecule has 0 atom stereocenters. The van der Waals surface area contributed by atoms with Crippen LogP contribution in [-0.2, 0) is 0 Å². The predicted octanol–water partition coefficient (Wildman–Crippen LogP) is 1.16. The van der Waals surface area contributed by atoms with Gasteiger partial charge in [-0.05, 0) is 25.0 Å². The van der Waals surface area contributed by atoms with Gasteiger partial charge < -0.3 is 0 Å². The van der Waals surface area contributed by atoms with Gasteiger partial charge in [0.1, 0.15) is 6.17 Å². The molecule has 5 heteroatoms. The van der Waals surface area contributed by atoms with E-state index >= 15 is 0 Å². The van der Waals surface area contributed by atoms with Crippen LogP contribution in [-0.4, -0.2) is 35.2 Å². The van der Waals surface area contributed by atoms with Gasteiger partial charge in [-0.3, -0.25) is 15.2 Å². The van der Waals surface area contributed by atoms with E-state index in [1.165, 1.54) is 6.20 Å². The van der Waals surface area contributed by atoms with Crippen molar-refractivity contribution in [3.8, 4) is 0 Å². The van der Waals surface area contributed by atoms with Crippen molar-refractivity contribution >= 4 is 5.91 Å². The van der Waals surface area contributed by atoms with Crippen molar-refractivity contribution in [2.75, 3.05) is 13.1 Å². The molecule has 1 amide bonds. The number of nitrogens with zero attached hydrogens (tertiary/aromatic N) is 2. The van der Waals surface area contributed by atoms with Crippen molar-refractivity contribution in [3.63, 3.8) is 0 Å². The summed E-state index contributed by atoms with van der Waals surface area (Å²) in [5, 5.41) is 1.76. The molecule has 1 aromatic heterocycles. The molecule has 4 nitrogen and oxygen atoms in total. The zero-order chi connectivity index (χ0) is 11.4. The average Bonchev–Trinajstić information content (AvgIpc) is 2.33. The molecule has 1 aromatic rings. The molecular formula is C11H14FN3O. The number of carbonyl (C=O) groups excluding carboxylic acids is 1. The summed E-state index contributed by atoms with van der Waals surface area (Å²) in [6.07, 6.45) is 3.36. The van der Waals surface area contributed by atoms with Gasteiger partial charge in [0.2, 0.25) is 0 Å². The first-order valence-corrected chi connectivity index (χ1v) is 5.36. The Morgan fingerprint density at radius 2 is 2.25 bits per heavy atom. The number of carbonyl (C=O) groups is 1. The maximum Gasteiger partial charge on any atom is 0.267 e. The number of amides is 1. The van der Waals surface area contributed by atoms with Gasteiger partial charge in [-0.15, -0.1) is 0 Å². The summed E-state index contributed by atoms with van der Waals surface area (Å²) in [6, 6.07) is 3.41. The van der Waals surface area contributed by atoms with Crippen LogP contribution >= 0.6 is 0 Å². The minimum atomic E-state index is -0.730. The first-order valence-electron chi connectivity index (χ1n) is 5.36. The zero-order valence-corrected chi connectivity index (χ0v) is 8.90. The number of aromatic nitrogens is 1. The number of hydrazine groups is 1. The summed E-state index contributed by atoms with van der Waals surface area (Å²) in [7, 11) is 0. The Labute approximate surface area is 93.4 Å². The van der Waals surface area contributed by atoms with Crippen molar-refractivity contribution < 1.29 is 9.18 Å². The Morgan fingerprint density at radius 1 is 1.50 bits per heavy atom. The van der Waals surface area contributed by atoms with Gasteiger partial charge in [-0.25, -0.2) is 9.40 Å². The lowest BCUT2D eigenvalue weighted by Crippen LogP contribution is -2.47. The zero-order valence-electron chi connectivity index (χ0n) is 8.90. The second-order valence-corrected chi connectivity index (χ2v) is 3.84. The minimum absolute atomic E-state index is 0.189. The Kier molecular flexibility index (Phi) is 3.46. The van der Waals surface area contributed by atoms with Gasteiger partial charge in [-0.1, -0.05) is 0 Å². The average molecular weight is 223 g/mol. The highest BCUT2D eigenvalue weighted by molar-refractivity contribution is 5.93. The van der Waals surface area contributed by atoms with Crippen molar-refractivity contribution in [2.24, 2.45) is 0 Å². The molecule has 0 aromatic carbocycles. The number of pyridine rings is 1. The van der Waals surface area contributed by atoms with E-state index in [0.29, 0.717) is 31.5 Å². The van der Waals surface area contributed by atoms with Crippen molar-refractivity contribution in [1.29, 1.82) is 0 Å². The summed E-state index contributed by atoms with van der Waals surface area (Å²) < 4.78 is 12.9. The molecule has 1 aliphatic heterocycles. The van der Waals surface area contributed by atoms with E-state index in [0.717, 1.165) is 0 Å². The molecule has 1 fully saturated rings. The molecule has 0 radical (unpaired) electrons. The van der Waals surface area contributed by atoms with E-state index in [2.05, 4.69) is 10.4 Å². The second-order valence-electron chi connectivity index (χ2n) is 3.84. The second kappa shape index (κ2) is 5.03. The molecular weight excluding hydrogens is 209 g/mol. The molecule has 1 N–H and O–H groups in total. The number of hydrogen-bond acceptors (Lipinski definition) is 3. The lowest BCUT2D eigenvalue weighted by molar-refractivity contribution is 0.0662. The van der Waals surface area contributed by atoms with Crippen LogP contribution in [0.5, 0.6) is 0 Å². The number of nitrogens with one attached hydrogen (secondary N) is 1. The number of rotatable bonds is 2. The van der Waals surface area contributed by atoms with E-state index in [1.54, 1.807) is 23.3 Å². The minimum Gasteiger partial charge on any atom is -0.285 e. The summed E-state index contributed by atoms with van der Waals surface area (Å²) >= 11 is 0. The molecule has 16 heavy (non-hydrogen) atoms. The summed E-state index contributed by atoms with van der Waals surface area (Å²) in [5.41, 5.74) is 3.26. The fourth-order valence-electron chi connectivity index (χ4n) is 1.67. The van der Waals surface area contributed by atoms with E-state index in [4.69, 9.17) is 0 Å². The summed E-state index contributed by atoms with van der Waals surface area (Å²) in [4.78, 5) is 15.6. The molecule has 1 saturated heterocycles. The Balaban J connectivity index is 1.88. The van der Waals surface area contributed by atoms with Crippen LogP contribution in [0.25, 0.3) is 0 Å². The predicted molar refractivity (Wildman–Crippen MR) is 57.4 cm³/mol. The monoisotopic (exact) mass is 223 g/mol. The van der Waals surface area contributed by atoms with Gasteiger partial charge in [0.25, 0.3) is 5.91 Å². The molecule has 0 saturated carbocycles. The molecule has 2 heterocycles. The topological polar surface area (TPSA) is 45.2 Å². The number of alkyl halides is 1. The van der Waals surface area contributed by atoms with Gasteiger partial charge in [-0.2, -0.15) is 0 Å². The molecule has 0 aliphatic carbocycles. The van der Waals surface area contributed by atoms with Gasteiger partial charge >= 0.3 is 0 Å². The standard InChI is InChI=1S/C11H14FN3O/c12-10-3-6-15(7-4-10)14-11(16)9-2-1-5-13-8-9/h1-2,5,8,10H,3-4,6-7H2,(H,14,16). The largest absolute Gasteiger partial charge is 0.285 e. The number of piperidine rings is 1. The van der Waals surface area contributed by atoms with Crippen LogP contribution in [0.4, 0.5) is 4.39 Å². The maximum absolute atomic E-state index is 12.9. The molecule has 0 unspecified atom stereocenters. The SMILES string of the molecule is O=C(NN1CCC(F)CC1)c1cccnc1. The highest BCUT2D eigenvalue weighted by atomic mass is 19.1. The third-order valence-corrected chi connectivity index (χ3v) is 2.61. The van der Waals surface area contributed by atoms with E-state index < -0.39 is 6.17 Å². The fraction of sp³-hybridized carbons (Fsp3) is 0.455. The van der Waals surface area contributed by atoms with Gasteiger partial charge in [0.05, 0.1) is 5.56 Å². The quantitative estimate of drug-likeness (QED) is 0.818. The smallest absolute Gasteiger partial charge is 0.267 e. The summed E-state index contributed by atoms with van der Waals surface area (Å²) in [5.74, 6) is -0.189. The maximum atomic E-state index is 12.9. The molecule has 86 valence electrons. The van der Waals surface area contributed by atoms with Crippen LogP contribution in [0.15, 0.2) is 24.5 Å². The van der Waals surface area contributed by atoms with Gasteiger partial charge in [0.15, 0.2) is 0 Å². The highest BCUT2D eigenvalue weighted by Crippen LogP contribution is 2.11. The molecule has 0 bridgehead atoms. The van der Waals surface area contributed by atoms with Crippen LogP contribution in [0.3, 0.4) is 0 Å². The highest BCUT2D eigenvalue weighted by Gasteiger charge is 2.19. The lowest BCUT2D eigenvalue weighted by atomic mass is 10.1. The number of hydrogen-bond donors (Lipinski definition) is 1. The third kappa shape index (κ3) is 2.76. The van der Waals surface area contributed by atoms with Crippen molar-refractivity contribution in [3.05, 3.63) is 30.1 Å². The molecule has 0 spiro atoms. The van der Waals surface area contributed by atoms with Crippen LogP contribution in [0.2, 0.25) is 0 Å². The van der Waals surface area contributed by atoms with E-state index in [9.17, 15) is 9.18 Å². The van der Waals surface area contributed by atoms with Crippen LogP contribution in [0.1, 0.15) is 23.2 Å². The Hall–Kier alpha value is -1.49. The normalized spacial score (nSPS) is 18.3. The lowest BCUT2D eigenvalue weighted by Gasteiger charge is -2.28. The van der Waals surface area contributed by atoms with Crippen molar-refractivity contribution in [2.45, 2.75) is 19.0 Å². The van der Waals surface area contributed by atoms with Crippen LogP contribution in [0, 0.1) is 0 Å². The van der Waals surface area contributed by atoms with E-state index in [1.807, 2.05) is 0 Å².